The quantitative estimate of drug-likeness (QED) is 0.798. The zero-order valence-corrected chi connectivity index (χ0v) is 12.9. The first-order valence-corrected chi connectivity index (χ1v) is 7.53. The van der Waals surface area contributed by atoms with Crippen LogP contribution in [0.15, 0.2) is 38.6 Å². The molecule has 1 aromatic carbocycles. The minimum atomic E-state index is 0.654. The fraction of sp³-hybridized carbons (Fsp3) is 0.167. The standard InChI is InChI=1S/C12H11Br2NOS/c13-10-6-8(15)7-11(14)12(10)16-4-3-9-2-1-5-17-9/h1-2,5-7H,3-4,15H2. The molecule has 5 heteroatoms. The first kappa shape index (κ1) is 12.9. The molecule has 2 nitrogen and oxygen atoms in total. The van der Waals surface area contributed by atoms with Gasteiger partial charge in [0.1, 0.15) is 5.75 Å². The van der Waals surface area contributed by atoms with Crippen molar-refractivity contribution in [1.29, 1.82) is 0 Å². The lowest BCUT2D eigenvalue weighted by Gasteiger charge is -2.10. The Morgan fingerprint density at radius 3 is 2.53 bits per heavy atom. The van der Waals surface area contributed by atoms with Crippen LogP contribution in [0.2, 0.25) is 0 Å². The van der Waals surface area contributed by atoms with Crippen LogP contribution in [0.1, 0.15) is 4.88 Å². The van der Waals surface area contributed by atoms with E-state index in [0.29, 0.717) is 12.3 Å². The van der Waals surface area contributed by atoms with Crippen molar-refractivity contribution in [3.8, 4) is 5.75 Å². The topological polar surface area (TPSA) is 35.2 Å². The summed E-state index contributed by atoms with van der Waals surface area (Å²) in [5, 5.41) is 2.07. The Hall–Kier alpha value is -0.520. The number of hydrogen-bond acceptors (Lipinski definition) is 3. The predicted octanol–water partition coefficient (Wildman–Crippen LogP) is 4.48. The molecule has 17 heavy (non-hydrogen) atoms. The molecule has 0 aliphatic rings. The maximum atomic E-state index is 5.75. The number of anilines is 1. The Bertz CT molecular complexity index is 476. The molecule has 2 rings (SSSR count). The number of ether oxygens (including phenoxy) is 1. The zero-order valence-electron chi connectivity index (χ0n) is 8.95. The maximum absolute atomic E-state index is 5.75. The normalized spacial score (nSPS) is 10.5. The number of thiophene rings is 1. The van der Waals surface area contributed by atoms with Gasteiger partial charge in [-0.1, -0.05) is 6.07 Å². The van der Waals surface area contributed by atoms with Crippen molar-refractivity contribution in [2.24, 2.45) is 0 Å². The van der Waals surface area contributed by atoms with Gasteiger partial charge in [-0.15, -0.1) is 11.3 Å². The zero-order chi connectivity index (χ0) is 12.3. The molecule has 0 bridgehead atoms. The van der Waals surface area contributed by atoms with Crippen LogP contribution in [0.5, 0.6) is 5.75 Å². The van der Waals surface area contributed by atoms with Crippen LogP contribution in [0, 0.1) is 0 Å². The van der Waals surface area contributed by atoms with E-state index in [2.05, 4.69) is 49.4 Å². The third-order valence-corrected chi connectivity index (χ3v) is 4.31. The Labute approximate surface area is 121 Å². The molecule has 0 saturated heterocycles. The highest BCUT2D eigenvalue weighted by Crippen LogP contribution is 2.35. The second kappa shape index (κ2) is 5.89. The molecule has 0 unspecified atom stereocenters. The lowest BCUT2D eigenvalue weighted by molar-refractivity contribution is 0.319. The summed E-state index contributed by atoms with van der Waals surface area (Å²) < 4.78 is 7.50. The lowest BCUT2D eigenvalue weighted by Crippen LogP contribution is -2.01. The molecule has 1 aromatic heterocycles. The van der Waals surface area contributed by atoms with Crippen LogP contribution in [-0.2, 0) is 6.42 Å². The SMILES string of the molecule is Nc1cc(Br)c(OCCc2cccs2)c(Br)c1. The Balaban J connectivity index is 1.99. The number of rotatable bonds is 4. The highest BCUT2D eigenvalue weighted by molar-refractivity contribution is 9.11. The summed E-state index contributed by atoms with van der Waals surface area (Å²) in [4.78, 5) is 1.33. The van der Waals surface area contributed by atoms with Crippen LogP contribution in [0.25, 0.3) is 0 Å². The van der Waals surface area contributed by atoms with E-state index >= 15 is 0 Å². The molecule has 0 atom stereocenters. The van der Waals surface area contributed by atoms with E-state index in [0.717, 1.165) is 21.1 Å². The van der Waals surface area contributed by atoms with E-state index in [1.165, 1.54) is 4.88 Å². The van der Waals surface area contributed by atoms with Gasteiger partial charge in [0.2, 0.25) is 0 Å². The third-order valence-electron chi connectivity index (χ3n) is 2.20. The number of benzene rings is 1. The van der Waals surface area contributed by atoms with Crippen molar-refractivity contribution in [2.45, 2.75) is 6.42 Å². The van der Waals surface area contributed by atoms with Crippen LogP contribution in [0.3, 0.4) is 0 Å². The molecular formula is C12H11Br2NOS. The van der Waals surface area contributed by atoms with Gasteiger partial charge in [-0.25, -0.2) is 0 Å². The molecule has 0 aliphatic heterocycles. The number of hydrogen-bond donors (Lipinski definition) is 1. The third kappa shape index (κ3) is 3.47. The van der Waals surface area contributed by atoms with Gasteiger partial charge in [0, 0.05) is 17.0 Å². The Kier molecular flexibility index (Phi) is 4.48. The van der Waals surface area contributed by atoms with Crippen molar-refractivity contribution in [1.82, 2.24) is 0 Å². The molecule has 2 N–H and O–H groups in total. The van der Waals surface area contributed by atoms with Crippen LogP contribution in [0.4, 0.5) is 5.69 Å². The van der Waals surface area contributed by atoms with E-state index < -0.39 is 0 Å². The monoisotopic (exact) mass is 375 g/mol. The summed E-state index contributed by atoms with van der Waals surface area (Å²) in [5.74, 6) is 0.802. The summed E-state index contributed by atoms with van der Waals surface area (Å²) in [5.41, 5.74) is 6.42. The highest BCUT2D eigenvalue weighted by Gasteiger charge is 2.07. The highest BCUT2D eigenvalue weighted by atomic mass is 79.9. The first-order valence-electron chi connectivity index (χ1n) is 5.06. The second-order valence-electron chi connectivity index (χ2n) is 3.49. The molecule has 0 fully saturated rings. The number of nitrogens with two attached hydrogens (primary N) is 1. The van der Waals surface area contributed by atoms with E-state index in [-0.39, 0.29) is 0 Å². The van der Waals surface area contributed by atoms with E-state index in [4.69, 9.17) is 10.5 Å². The summed E-state index contributed by atoms with van der Waals surface area (Å²) in [6.45, 7) is 0.654. The first-order chi connectivity index (χ1) is 8.16. The second-order valence-corrected chi connectivity index (χ2v) is 6.23. The average Bonchev–Trinajstić information content (AvgIpc) is 2.74. The van der Waals surface area contributed by atoms with E-state index in [1.807, 2.05) is 12.1 Å². The van der Waals surface area contributed by atoms with Crippen molar-refractivity contribution in [3.63, 3.8) is 0 Å². The van der Waals surface area contributed by atoms with Gasteiger partial charge in [0.25, 0.3) is 0 Å². The van der Waals surface area contributed by atoms with E-state index in [9.17, 15) is 0 Å². The lowest BCUT2D eigenvalue weighted by atomic mass is 10.3. The van der Waals surface area contributed by atoms with Crippen molar-refractivity contribution in [2.75, 3.05) is 12.3 Å². The summed E-state index contributed by atoms with van der Waals surface area (Å²) >= 11 is 8.63. The van der Waals surface area contributed by atoms with Gasteiger partial charge >= 0.3 is 0 Å². The fourth-order valence-corrected chi connectivity index (χ4v) is 3.57. The van der Waals surface area contributed by atoms with Gasteiger partial charge in [0.05, 0.1) is 15.6 Å². The minimum Gasteiger partial charge on any atom is -0.491 e. The molecule has 90 valence electrons. The van der Waals surface area contributed by atoms with Gasteiger partial charge in [-0.2, -0.15) is 0 Å². The van der Waals surface area contributed by atoms with Crippen LogP contribution in [-0.4, -0.2) is 6.61 Å². The van der Waals surface area contributed by atoms with Crippen LogP contribution >= 0.6 is 43.2 Å². The van der Waals surface area contributed by atoms with E-state index in [1.54, 1.807) is 11.3 Å². The van der Waals surface area contributed by atoms with Gasteiger partial charge in [0.15, 0.2) is 0 Å². The molecule has 0 amide bonds. The Morgan fingerprint density at radius 1 is 1.24 bits per heavy atom. The van der Waals surface area contributed by atoms with Crippen LogP contribution < -0.4 is 10.5 Å². The average molecular weight is 377 g/mol. The molecule has 1 heterocycles. The van der Waals surface area contributed by atoms with Crippen molar-refractivity contribution in [3.05, 3.63) is 43.5 Å². The minimum absolute atomic E-state index is 0.654. The summed E-state index contributed by atoms with van der Waals surface area (Å²) in [6.07, 6.45) is 0.918. The molecule has 0 aliphatic carbocycles. The summed E-state index contributed by atoms with van der Waals surface area (Å²) in [7, 11) is 0. The molecule has 0 saturated carbocycles. The number of halogens is 2. The predicted molar refractivity (Wildman–Crippen MR) is 79.8 cm³/mol. The Morgan fingerprint density at radius 2 is 1.94 bits per heavy atom. The fourth-order valence-electron chi connectivity index (χ4n) is 1.43. The molecular weight excluding hydrogens is 366 g/mol. The largest absolute Gasteiger partial charge is 0.491 e. The van der Waals surface area contributed by atoms with Gasteiger partial charge in [-0.3, -0.25) is 0 Å². The van der Waals surface area contributed by atoms with Gasteiger partial charge < -0.3 is 10.5 Å². The smallest absolute Gasteiger partial charge is 0.147 e. The van der Waals surface area contributed by atoms with Crippen molar-refractivity contribution >= 4 is 48.9 Å². The molecule has 2 aromatic rings. The number of nitrogen functional groups attached to an aromatic ring is 1. The van der Waals surface area contributed by atoms with Gasteiger partial charge in [-0.05, 0) is 55.4 Å². The van der Waals surface area contributed by atoms with Crippen molar-refractivity contribution < 1.29 is 4.74 Å². The molecule has 0 radical (unpaired) electrons. The summed E-state index contributed by atoms with van der Waals surface area (Å²) in [6, 6.07) is 7.84. The molecule has 0 spiro atoms. The maximum Gasteiger partial charge on any atom is 0.147 e.